The van der Waals surface area contributed by atoms with Crippen LogP contribution in [0.5, 0.6) is 11.5 Å². The summed E-state index contributed by atoms with van der Waals surface area (Å²) in [5.41, 5.74) is 1.03. The average molecular weight is 357 g/mol. The molecule has 23 heavy (non-hydrogen) atoms. The summed E-state index contributed by atoms with van der Waals surface area (Å²) in [6.45, 7) is 2.64. The van der Waals surface area contributed by atoms with Crippen LogP contribution in [0.25, 0.3) is 0 Å². The van der Waals surface area contributed by atoms with Crippen LogP contribution >= 0.6 is 23.4 Å². The first-order valence-electron chi connectivity index (χ1n) is 7.88. The lowest BCUT2D eigenvalue weighted by Crippen LogP contribution is -2.41. The van der Waals surface area contributed by atoms with E-state index in [-0.39, 0.29) is 11.9 Å². The fourth-order valence-electron chi connectivity index (χ4n) is 2.70. The van der Waals surface area contributed by atoms with E-state index in [1.807, 2.05) is 23.9 Å². The molecule has 2 N–H and O–H groups in total. The Balaban J connectivity index is 1.46. The van der Waals surface area contributed by atoms with Crippen molar-refractivity contribution in [2.75, 3.05) is 37.8 Å². The number of amides is 1. The average Bonchev–Trinajstić information content (AvgIpc) is 2.56. The van der Waals surface area contributed by atoms with Gasteiger partial charge >= 0.3 is 0 Å². The van der Waals surface area contributed by atoms with Crippen molar-refractivity contribution in [3.63, 3.8) is 0 Å². The quantitative estimate of drug-likeness (QED) is 0.843. The first-order chi connectivity index (χ1) is 11.2. The highest BCUT2D eigenvalue weighted by Gasteiger charge is 2.18. The van der Waals surface area contributed by atoms with E-state index >= 15 is 0 Å². The van der Waals surface area contributed by atoms with Crippen LogP contribution in [-0.2, 0) is 11.2 Å². The van der Waals surface area contributed by atoms with E-state index in [1.165, 1.54) is 0 Å². The van der Waals surface area contributed by atoms with E-state index in [1.54, 1.807) is 0 Å². The van der Waals surface area contributed by atoms with Crippen LogP contribution in [-0.4, -0.2) is 49.8 Å². The highest BCUT2D eigenvalue weighted by atomic mass is 35.5. The van der Waals surface area contributed by atoms with Gasteiger partial charge in [0.05, 0.1) is 5.02 Å². The second-order valence-electron chi connectivity index (χ2n) is 5.63. The first kappa shape index (κ1) is 16.7. The molecule has 1 saturated heterocycles. The maximum atomic E-state index is 12.0. The number of rotatable bonds is 5. The number of thioether (sulfide) groups is 1. The molecule has 0 bridgehead atoms. The maximum absolute atomic E-state index is 12.0. The minimum atomic E-state index is 0.0913. The van der Waals surface area contributed by atoms with E-state index in [4.69, 9.17) is 21.1 Å². The standard InChI is InChI=1S/C16H21ClN2O3S/c17-13-7-11(8-14-16(13)22-5-4-21-14)1-2-19-15(20)9-12-10-23-6-3-18-12/h7-8,12,18H,1-6,9-10H2,(H,19,20). The number of hydrogen-bond acceptors (Lipinski definition) is 5. The van der Waals surface area contributed by atoms with E-state index < -0.39 is 0 Å². The Morgan fingerprint density at radius 3 is 3.09 bits per heavy atom. The zero-order chi connectivity index (χ0) is 16.1. The number of carbonyl (C=O) groups is 1. The molecule has 2 aliphatic heterocycles. The number of fused-ring (bicyclic) bond motifs is 1. The van der Waals surface area contributed by atoms with Gasteiger partial charge in [-0.3, -0.25) is 4.79 Å². The van der Waals surface area contributed by atoms with Crippen molar-refractivity contribution in [2.45, 2.75) is 18.9 Å². The van der Waals surface area contributed by atoms with E-state index in [2.05, 4.69) is 10.6 Å². The third-order valence-electron chi connectivity index (χ3n) is 3.82. The van der Waals surface area contributed by atoms with Gasteiger partial charge < -0.3 is 20.1 Å². The monoisotopic (exact) mass is 356 g/mol. The molecule has 5 nitrogen and oxygen atoms in total. The normalized spacial score (nSPS) is 20.1. The van der Waals surface area contributed by atoms with Crippen LogP contribution in [0.1, 0.15) is 12.0 Å². The zero-order valence-corrected chi connectivity index (χ0v) is 14.5. The Labute approximate surface area is 145 Å². The summed E-state index contributed by atoms with van der Waals surface area (Å²) in [6, 6.07) is 4.10. The number of ether oxygens (including phenoxy) is 2. The van der Waals surface area contributed by atoms with Crippen molar-refractivity contribution >= 4 is 29.3 Å². The second-order valence-corrected chi connectivity index (χ2v) is 7.19. The lowest BCUT2D eigenvalue weighted by molar-refractivity contribution is -0.121. The molecule has 1 amide bonds. The van der Waals surface area contributed by atoms with Crippen molar-refractivity contribution in [1.82, 2.24) is 10.6 Å². The number of carbonyl (C=O) groups excluding carboxylic acids is 1. The van der Waals surface area contributed by atoms with Crippen LogP contribution in [0, 0.1) is 0 Å². The van der Waals surface area contributed by atoms with Gasteiger partial charge in [-0.2, -0.15) is 11.8 Å². The molecule has 1 aromatic carbocycles. The predicted octanol–water partition coefficient (Wildman–Crippen LogP) is 1.86. The van der Waals surface area contributed by atoms with Gasteiger partial charge in [-0.15, -0.1) is 0 Å². The molecule has 0 saturated carbocycles. The molecular formula is C16H21ClN2O3S. The Morgan fingerprint density at radius 2 is 2.26 bits per heavy atom. The highest BCUT2D eigenvalue weighted by molar-refractivity contribution is 7.99. The summed E-state index contributed by atoms with van der Waals surface area (Å²) in [7, 11) is 0. The van der Waals surface area contributed by atoms with Crippen molar-refractivity contribution in [3.05, 3.63) is 22.7 Å². The Bertz CT molecular complexity index is 565. The van der Waals surface area contributed by atoms with E-state index in [0.717, 1.165) is 30.0 Å². The molecule has 0 radical (unpaired) electrons. The van der Waals surface area contributed by atoms with Crippen molar-refractivity contribution in [1.29, 1.82) is 0 Å². The van der Waals surface area contributed by atoms with Gasteiger partial charge in [0, 0.05) is 37.1 Å². The third-order valence-corrected chi connectivity index (χ3v) is 5.23. The van der Waals surface area contributed by atoms with Gasteiger partial charge in [0.15, 0.2) is 11.5 Å². The second kappa shape index (κ2) is 8.13. The SMILES string of the molecule is O=C(CC1CSCCN1)NCCc1cc(Cl)c2c(c1)OCCO2. The molecule has 2 heterocycles. The number of nitrogens with one attached hydrogen (secondary N) is 2. The smallest absolute Gasteiger partial charge is 0.221 e. The van der Waals surface area contributed by atoms with Crippen molar-refractivity contribution in [3.8, 4) is 11.5 Å². The lowest BCUT2D eigenvalue weighted by atomic mass is 10.1. The Morgan fingerprint density at radius 1 is 1.39 bits per heavy atom. The van der Waals surface area contributed by atoms with Gasteiger partial charge in [-0.05, 0) is 24.1 Å². The Hall–Kier alpha value is -1.11. The van der Waals surface area contributed by atoms with Crippen LogP contribution in [0.4, 0.5) is 0 Å². The van der Waals surface area contributed by atoms with Gasteiger partial charge in [0.1, 0.15) is 13.2 Å². The molecule has 0 aliphatic carbocycles. The minimum absolute atomic E-state index is 0.0913. The van der Waals surface area contributed by atoms with Crippen LogP contribution < -0.4 is 20.1 Å². The predicted molar refractivity (Wildman–Crippen MR) is 92.9 cm³/mol. The molecule has 7 heteroatoms. The summed E-state index contributed by atoms with van der Waals surface area (Å²) < 4.78 is 11.1. The van der Waals surface area contributed by atoms with Crippen LogP contribution in [0.2, 0.25) is 5.02 Å². The largest absolute Gasteiger partial charge is 0.486 e. The van der Waals surface area contributed by atoms with E-state index in [0.29, 0.717) is 42.7 Å². The van der Waals surface area contributed by atoms with Gasteiger partial charge in [-0.1, -0.05) is 11.6 Å². The van der Waals surface area contributed by atoms with Crippen molar-refractivity contribution < 1.29 is 14.3 Å². The summed E-state index contributed by atoms with van der Waals surface area (Å²) in [4.78, 5) is 12.0. The molecule has 1 fully saturated rings. The van der Waals surface area contributed by atoms with Gasteiger partial charge in [-0.25, -0.2) is 0 Å². The summed E-state index contributed by atoms with van der Waals surface area (Å²) in [5, 5.41) is 6.91. The first-order valence-corrected chi connectivity index (χ1v) is 9.41. The molecular weight excluding hydrogens is 336 g/mol. The van der Waals surface area contributed by atoms with Crippen LogP contribution in [0.15, 0.2) is 12.1 Å². The molecule has 0 spiro atoms. The molecule has 2 aliphatic rings. The number of halogens is 1. The summed E-state index contributed by atoms with van der Waals surface area (Å²) in [6.07, 6.45) is 1.25. The molecule has 0 aromatic heterocycles. The molecule has 3 rings (SSSR count). The molecule has 1 atom stereocenters. The lowest BCUT2D eigenvalue weighted by Gasteiger charge is -2.22. The van der Waals surface area contributed by atoms with Crippen molar-refractivity contribution in [2.24, 2.45) is 0 Å². The maximum Gasteiger partial charge on any atom is 0.221 e. The van der Waals surface area contributed by atoms with Crippen LogP contribution in [0.3, 0.4) is 0 Å². The fraction of sp³-hybridized carbons (Fsp3) is 0.562. The topological polar surface area (TPSA) is 59.6 Å². The molecule has 126 valence electrons. The molecule has 1 unspecified atom stereocenters. The summed E-state index contributed by atoms with van der Waals surface area (Å²) >= 11 is 8.11. The fourth-order valence-corrected chi connectivity index (χ4v) is 3.94. The number of hydrogen-bond donors (Lipinski definition) is 2. The number of benzene rings is 1. The highest BCUT2D eigenvalue weighted by Crippen LogP contribution is 2.38. The Kier molecular flexibility index (Phi) is 5.91. The van der Waals surface area contributed by atoms with E-state index in [9.17, 15) is 4.79 Å². The van der Waals surface area contributed by atoms with Gasteiger partial charge in [0.25, 0.3) is 0 Å². The third kappa shape index (κ3) is 4.68. The summed E-state index contributed by atoms with van der Waals surface area (Å²) in [5.74, 6) is 3.53. The zero-order valence-electron chi connectivity index (χ0n) is 12.9. The minimum Gasteiger partial charge on any atom is -0.486 e. The van der Waals surface area contributed by atoms with Gasteiger partial charge in [0.2, 0.25) is 5.91 Å². The molecule has 1 aromatic rings.